The van der Waals surface area contributed by atoms with Crippen molar-refractivity contribution in [3.8, 4) is 0 Å². The van der Waals surface area contributed by atoms with Crippen LogP contribution in [0, 0.1) is 16.7 Å². The van der Waals surface area contributed by atoms with Gasteiger partial charge in [0.2, 0.25) is 0 Å². The molecule has 0 aliphatic carbocycles. The zero-order chi connectivity index (χ0) is 17.9. The third-order valence-electron chi connectivity index (χ3n) is 5.92. The summed E-state index contributed by atoms with van der Waals surface area (Å²) in [6.07, 6.45) is 13.1. The minimum Gasteiger partial charge on any atom is -0.298 e. The fourth-order valence-corrected chi connectivity index (χ4v) is 3.86. The Hall–Kier alpha value is -0.330. The summed E-state index contributed by atoms with van der Waals surface area (Å²) in [5.41, 5.74) is -0.309. The number of hydrogen-bond acceptors (Lipinski definition) is 1. The fourth-order valence-electron chi connectivity index (χ4n) is 3.86. The van der Waals surface area contributed by atoms with Crippen LogP contribution in [0.3, 0.4) is 0 Å². The van der Waals surface area contributed by atoms with Crippen molar-refractivity contribution in [2.45, 2.75) is 119 Å². The number of carbonyl (C=O) groups is 1. The summed E-state index contributed by atoms with van der Waals surface area (Å²) in [5, 5.41) is 0. The quantitative estimate of drug-likeness (QED) is 0.301. The van der Waals surface area contributed by atoms with Crippen LogP contribution in [0.5, 0.6) is 0 Å². The highest BCUT2D eigenvalue weighted by Gasteiger charge is 2.44. The molecule has 0 aliphatic rings. The molecule has 0 aromatic heterocycles. The molecule has 0 radical (unpaired) electrons. The molecule has 0 saturated carbocycles. The lowest BCUT2D eigenvalue weighted by Crippen LogP contribution is -2.43. The van der Waals surface area contributed by atoms with Crippen molar-refractivity contribution in [2.24, 2.45) is 16.7 Å². The normalized spacial score (nSPS) is 16.1. The predicted molar refractivity (Wildman–Crippen MR) is 104 cm³/mol. The first kappa shape index (κ1) is 22.7. The van der Waals surface area contributed by atoms with Gasteiger partial charge in [-0.25, -0.2) is 0 Å². The highest BCUT2D eigenvalue weighted by atomic mass is 16.1. The van der Waals surface area contributed by atoms with Gasteiger partial charge < -0.3 is 0 Å². The summed E-state index contributed by atoms with van der Waals surface area (Å²) >= 11 is 0. The van der Waals surface area contributed by atoms with Gasteiger partial charge >= 0.3 is 0 Å². The van der Waals surface area contributed by atoms with Crippen molar-refractivity contribution >= 4 is 5.78 Å². The average molecular weight is 325 g/mol. The largest absolute Gasteiger partial charge is 0.298 e. The lowest BCUT2D eigenvalue weighted by molar-refractivity contribution is -0.141. The Morgan fingerprint density at radius 2 is 1.26 bits per heavy atom. The molecule has 1 heteroatoms. The number of hydrogen-bond donors (Lipinski definition) is 0. The molecular formula is C22H44O. The van der Waals surface area contributed by atoms with Gasteiger partial charge in [-0.1, -0.05) is 99.8 Å². The second-order valence-electron chi connectivity index (χ2n) is 8.59. The minimum atomic E-state index is -0.170. The van der Waals surface area contributed by atoms with Gasteiger partial charge in [0, 0.05) is 10.8 Å². The zero-order valence-corrected chi connectivity index (χ0v) is 17.3. The van der Waals surface area contributed by atoms with Gasteiger partial charge in [-0.05, 0) is 25.2 Å². The lowest BCUT2D eigenvalue weighted by Gasteiger charge is -2.41. The predicted octanol–water partition coefficient (Wildman–Crippen LogP) is 7.57. The molecular weight excluding hydrogens is 280 g/mol. The molecule has 1 nitrogen and oxygen atoms in total. The maximum atomic E-state index is 13.5. The van der Waals surface area contributed by atoms with E-state index in [0.717, 1.165) is 12.8 Å². The lowest BCUT2D eigenvalue weighted by atomic mass is 9.62. The van der Waals surface area contributed by atoms with Crippen molar-refractivity contribution in [3.05, 3.63) is 0 Å². The Morgan fingerprint density at radius 1 is 0.783 bits per heavy atom. The molecule has 23 heavy (non-hydrogen) atoms. The van der Waals surface area contributed by atoms with E-state index in [1.54, 1.807) is 0 Å². The maximum absolute atomic E-state index is 13.5. The first-order valence-electron chi connectivity index (χ1n) is 10.3. The smallest absolute Gasteiger partial charge is 0.144 e. The molecule has 0 heterocycles. The van der Waals surface area contributed by atoms with Crippen molar-refractivity contribution < 1.29 is 4.79 Å². The molecule has 0 spiro atoms. The zero-order valence-electron chi connectivity index (χ0n) is 17.3. The molecule has 0 aromatic carbocycles. The number of Topliss-reactive ketones (excluding diaryl/α,β-unsaturated/α-hetero) is 1. The van der Waals surface area contributed by atoms with E-state index in [-0.39, 0.29) is 10.8 Å². The van der Waals surface area contributed by atoms with Crippen molar-refractivity contribution in [1.82, 2.24) is 0 Å². The highest BCUT2D eigenvalue weighted by Crippen LogP contribution is 2.44. The van der Waals surface area contributed by atoms with E-state index in [4.69, 9.17) is 0 Å². The Kier molecular flexibility index (Phi) is 11.1. The fraction of sp³-hybridized carbons (Fsp3) is 0.955. The molecule has 2 unspecified atom stereocenters. The van der Waals surface area contributed by atoms with Gasteiger partial charge in [0.05, 0.1) is 0 Å². The summed E-state index contributed by atoms with van der Waals surface area (Å²) < 4.78 is 0. The second-order valence-corrected chi connectivity index (χ2v) is 8.59. The van der Waals surface area contributed by atoms with Crippen LogP contribution in [0.4, 0.5) is 0 Å². The molecule has 0 amide bonds. The topological polar surface area (TPSA) is 17.1 Å². The van der Waals surface area contributed by atoms with Gasteiger partial charge in [0.1, 0.15) is 5.78 Å². The maximum Gasteiger partial charge on any atom is 0.144 e. The van der Waals surface area contributed by atoms with Crippen LogP contribution in [0.2, 0.25) is 0 Å². The van der Waals surface area contributed by atoms with E-state index in [1.165, 1.54) is 57.8 Å². The van der Waals surface area contributed by atoms with E-state index in [0.29, 0.717) is 11.7 Å². The molecule has 0 N–H and O–H groups in total. The number of unbranched alkanes of at least 4 members (excludes halogenated alkanes) is 5. The third-order valence-corrected chi connectivity index (χ3v) is 5.92. The molecule has 0 aromatic rings. The van der Waals surface area contributed by atoms with E-state index >= 15 is 0 Å². The Balaban J connectivity index is 5.10. The summed E-state index contributed by atoms with van der Waals surface area (Å²) in [4.78, 5) is 13.5. The molecule has 0 aliphatic heterocycles. The summed E-state index contributed by atoms with van der Waals surface area (Å²) in [7, 11) is 0. The van der Waals surface area contributed by atoms with E-state index in [1.807, 2.05) is 0 Å². The van der Waals surface area contributed by atoms with Crippen LogP contribution < -0.4 is 0 Å². The third kappa shape index (κ3) is 7.40. The molecule has 0 bridgehead atoms. The molecule has 138 valence electrons. The van der Waals surface area contributed by atoms with Crippen molar-refractivity contribution in [2.75, 3.05) is 0 Å². The molecule has 2 atom stereocenters. The van der Waals surface area contributed by atoms with Gasteiger partial charge in [0.25, 0.3) is 0 Å². The first-order valence-corrected chi connectivity index (χ1v) is 10.3. The van der Waals surface area contributed by atoms with Crippen LogP contribution in [-0.4, -0.2) is 5.78 Å². The van der Waals surface area contributed by atoms with E-state index in [9.17, 15) is 4.79 Å². The minimum absolute atomic E-state index is 0.139. The number of carbonyl (C=O) groups excluding carboxylic acids is 1. The van der Waals surface area contributed by atoms with Gasteiger partial charge in [-0.3, -0.25) is 4.79 Å². The Bertz CT molecular complexity index is 318. The average Bonchev–Trinajstić information content (AvgIpc) is 2.51. The van der Waals surface area contributed by atoms with Crippen molar-refractivity contribution in [1.29, 1.82) is 0 Å². The highest BCUT2D eigenvalue weighted by molar-refractivity contribution is 5.89. The van der Waals surface area contributed by atoms with Crippen LogP contribution in [-0.2, 0) is 4.79 Å². The summed E-state index contributed by atoms with van der Waals surface area (Å²) in [6.45, 7) is 15.7. The van der Waals surface area contributed by atoms with Crippen molar-refractivity contribution in [3.63, 3.8) is 0 Å². The van der Waals surface area contributed by atoms with Crippen LogP contribution in [0.1, 0.15) is 119 Å². The summed E-state index contributed by atoms with van der Waals surface area (Å²) in [6, 6.07) is 0. The SMILES string of the molecule is CCCCCC(C)(C)C(=O)C(C)(CCCCC)C(C)CCCC. The first-order chi connectivity index (χ1) is 10.8. The van der Waals surface area contributed by atoms with Crippen LogP contribution in [0.25, 0.3) is 0 Å². The van der Waals surface area contributed by atoms with E-state index in [2.05, 4.69) is 48.5 Å². The Labute approximate surface area is 147 Å². The van der Waals surface area contributed by atoms with Gasteiger partial charge in [-0.15, -0.1) is 0 Å². The van der Waals surface area contributed by atoms with Gasteiger partial charge in [-0.2, -0.15) is 0 Å². The molecule has 0 rings (SSSR count). The number of rotatable bonds is 14. The molecule has 0 fully saturated rings. The monoisotopic (exact) mass is 324 g/mol. The summed E-state index contributed by atoms with van der Waals surface area (Å²) in [5.74, 6) is 1.03. The number of ketones is 1. The molecule has 0 saturated heterocycles. The van der Waals surface area contributed by atoms with Crippen LogP contribution >= 0.6 is 0 Å². The standard InChI is InChI=1S/C22H44O/c1-8-11-14-17-21(5,6)20(23)22(7,18-15-12-9-2)19(4)16-13-10-3/h19H,8-18H2,1-7H3. The Morgan fingerprint density at radius 3 is 1.74 bits per heavy atom. The second kappa shape index (κ2) is 11.3. The van der Waals surface area contributed by atoms with Crippen LogP contribution in [0.15, 0.2) is 0 Å². The van der Waals surface area contributed by atoms with E-state index < -0.39 is 0 Å². The van der Waals surface area contributed by atoms with Gasteiger partial charge in [0.15, 0.2) is 0 Å².